The van der Waals surface area contributed by atoms with Crippen molar-refractivity contribution < 1.29 is 27.2 Å². The predicted octanol–water partition coefficient (Wildman–Crippen LogP) is 2.21. The minimum absolute atomic E-state index is 0.0349. The van der Waals surface area contributed by atoms with Gasteiger partial charge in [-0.1, -0.05) is 31.5 Å². The van der Waals surface area contributed by atoms with Gasteiger partial charge in [0.1, 0.15) is 11.8 Å². The quantitative estimate of drug-likeness (QED) is 0.498. The number of ether oxygens (including phenoxy) is 1. The molecule has 2 atom stereocenters. The standard InChI is InChI=1S/C24H33N3O6S/c1-17(2)23(24(29)25-14-19-6-4-12-32-19)27(16-20-7-5-13-33-20)22(28)15-26-34(30,31)21-10-8-18(3)9-11-21/h5,7-11,13,17,19,23,26H,4,6,12,14-16H2,1-3H3,(H,25,29)/t19-,23-/m1/s1. The zero-order valence-electron chi connectivity index (χ0n) is 19.8. The molecule has 0 radical (unpaired) electrons. The molecule has 2 aromatic rings. The number of aryl methyl sites for hydroxylation is 1. The molecule has 2 amide bonds. The van der Waals surface area contributed by atoms with Gasteiger partial charge in [0.05, 0.1) is 30.4 Å². The third-order valence-electron chi connectivity index (χ3n) is 5.74. The summed E-state index contributed by atoms with van der Waals surface area (Å²) in [6.45, 7) is 6.14. The Bertz CT molecular complexity index is 1040. The Labute approximate surface area is 200 Å². The molecule has 10 heteroatoms. The highest BCUT2D eigenvalue weighted by atomic mass is 32.2. The van der Waals surface area contributed by atoms with E-state index in [2.05, 4.69) is 10.0 Å². The first-order chi connectivity index (χ1) is 16.2. The van der Waals surface area contributed by atoms with Gasteiger partial charge in [-0.3, -0.25) is 9.59 Å². The Morgan fingerprint density at radius 2 is 1.91 bits per heavy atom. The lowest BCUT2D eigenvalue weighted by Crippen LogP contribution is -2.54. The number of nitrogens with zero attached hydrogens (tertiary/aromatic N) is 1. The molecule has 0 spiro atoms. The first kappa shape index (κ1) is 25.9. The summed E-state index contributed by atoms with van der Waals surface area (Å²) in [6, 6.07) is 8.93. The normalized spacial score (nSPS) is 17.0. The topological polar surface area (TPSA) is 118 Å². The number of sulfonamides is 1. The number of benzene rings is 1. The van der Waals surface area contributed by atoms with Gasteiger partial charge in [-0.2, -0.15) is 0 Å². The smallest absolute Gasteiger partial charge is 0.243 e. The largest absolute Gasteiger partial charge is 0.467 e. The molecule has 0 unspecified atom stereocenters. The van der Waals surface area contributed by atoms with E-state index in [-0.39, 0.29) is 29.4 Å². The summed E-state index contributed by atoms with van der Waals surface area (Å²) in [4.78, 5) is 27.8. The predicted molar refractivity (Wildman–Crippen MR) is 126 cm³/mol. The van der Waals surface area contributed by atoms with Crippen LogP contribution in [-0.2, 0) is 30.9 Å². The van der Waals surface area contributed by atoms with E-state index < -0.39 is 28.5 Å². The Hall–Kier alpha value is -2.69. The van der Waals surface area contributed by atoms with Gasteiger partial charge in [0.2, 0.25) is 21.8 Å². The summed E-state index contributed by atoms with van der Waals surface area (Å²) in [6.07, 6.45) is 3.29. The van der Waals surface area contributed by atoms with E-state index >= 15 is 0 Å². The van der Waals surface area contributed by atoms with Crippen molar-refractivity contribution in [2.24, 2.45) is 5.92 Å². The molecule has 3 rings (SSSR count). The van der Waals surface area contributed by atoms with Gasteiger partial charge in [0.15, 0.2) is 0 Å². The molecule has 2 N–H and O–H groups in total. The van der Waals surface area contributed by atoms with Gasteiger partial charge >= 0.3 is 0 Å². The van der Waals surface area contributed by atoms with Crippen LogP contribution in [0.3, 0.4) is 0 Å². The minimum atomic E-state index is -3.89. The molecule has 1 aliphatic heterocycles. The van der Waals surface area contributed by atoms with Crippen molar-refractivity contribution in [1.82, 2.24) is 14.9 Å². The fourth-order valence-electron chi connectivity index (χ4n) is 3.90. The van der Waals surface area contributed by atoms with Crippen LogP contribution in [0.25, 0.3) is 0 Å². The number of amides is 2. The third kappa shape index (κ3) is 6.91. The Balaban J connectivity index is 1.75. The average molecular weight is 492 g/mol. The lowest BCUT2D eigenvalue weighted by atomic mass is 10.0. The van der Waals surface area contributed by atoms with Crippen molar-refractivity contribution in [1.29, 1.82) is 0 Å². The molecule has 2 heterocycles. The maximum atomic E-state index is 13.3. The van der Waals surface area contributed by atoms with E-state index in [1.807, 2.05) is 20.8 Å². The van der Waals surface area contributed by atoms with Gasteiger partial charge in [0, 0.05) is 13.2 Å². The van der Waals surface area contributed by atoms with Crippen molar-refractivity contribution in [3.63, 3.8) is 0 Å². The van der Waals surface area contributed by atoms with Crippen LogP contribution in [-0.4, -0.2) is 57.0 Å². The van der Waals surface area contributed by atoms with Gasteiger partial charge in [-0.15, -0.1) is 0 Å². The highest BCUT2D eigenvalue weighted by Crippen LogP contribution is 2.18. The molecule has 1 aromatic carbocycles. The summed E-state index contributed by atoms with van der Waals surface area (Å²) in [7, 11) is -3.89. The molecular formula is C24H33N3O6S. The Kier molecular flexibility index (Phi) is 8.87. The molecule has 1 saturated heterocycles. The zero-order valence-corrected chi connectivity index (χ0v) is 20.6. The lowest BCUT2D eigenvalue weighted by molar-refractivity contribution is -0.142. The van der Waals surface area contributed by atoms with Gasteiger partial charge in [0.25, 0.3) is 0 Å². The highest BCUT2D eigenvalue weighted by Gasteiger charge is 2.34. The summed E-state index contributed by atoms with van der Waals surface area (Å²) in [5, 5.41) is 2.90. The third-order valence-corrected chi connectivity index (χ3v) is 7.15. The molecule has 1 aliphatic rings. The van der Waals surface area contributed by atoms with Crippen molar-refractivity contribution in [3.05, 3.63) is 54.0 Å². The van der Waals surface area contributed by atoms with E-state index in [4.69, 9.17) is 9.15 Å². The van der Waals surface area contributed by atoms with Crippen LogP contribution in [0.2, 0.25) is 0 Å². The molecule has 0 bridgehead atoms. The number of carbonyl (C=O) groups excluding carboxylic acids is 2. The average Bonchev–Trinajstić information content (AvgIpc) is 3.50. The van der Waals surface area contributed by atoms with Crippen LogP contribution in [0.5, 0.6) is 0 Å². The molecular weight excluding hydrogens is 458 g/mol. The fraction of sp³-hybridized carbons (Fsp3) is 0.500. The van der Waals surface area contributed by atoms with Gasteiger partial charge < -0.3 is 19.4 Å². The van der Waals surface area contributed by atoms with Crippen LogP contribution < -0.4 is 10.0 Å². The van der Waals surface area contributed by atoms with Gasteiger partial charge in [-0.05, 0) is 49.9 Å². The molecule has 34 heavy (non-hydrogen) atoms. The van der Waals surface area contributed by atoms with Crippen LogP contribution in [0.15, 0.2) is 52.0 Å². The van der Waals surface area contributed by atoms with E-state index in [0.717, 1.165) is 18.4 Å². The summed E-state index contributed by atoms with van der Waals surface area (Å²) >= 11 is 0. The van der Waals surface area contributed by atoms with E-state index in [9.17, 15) is 18.0 Å². The molecule has 186 valence electrons. The van der Waals surface area contributed by atoms with Crippen molar-refractivity contribution in [3.8, 4) is 0 Å². The number of furan rings is 1. The molecule has 0 aliphatic carbocycles. The number of carbonyl (C=O) groups is 2. The first-order valence-corrected chi connectivity index (χ1v) is 12.9. The van der Waals surface area contributed by atoms with E-state index in [1.165, 1.54) is 23.3 Å². The van der Waals surface area contributed by atoms with Crippen LogP contribution in [0, 0.1) is 12.8 Å². The monoisotopic (exact) mass is 491 g/mol. The van der Waals surface area contributed by atoms with E-state index in [0.29, 0.717) is 18.9 Å². The minimum Gasteiger partial charge on any atom is -0.467 e. The molecule has 1 fully saturated rings. The van der Waals surface area contributed by atoms with Crippen molar-refractivity contribution in [2.75, 3.05) is 19.7 Å². The SMILES string of the molecule is Cc1ccc(S(=O)(=O)NCC(=O)N(Cc2ccco2)[C@@H](C(=O)NC[C@H]2CCCO2)C(C)C)cc1. The maximum absolute atomic E-state index is 13.3. The van der Waals surface area contributed by atoms with Crippen LogP contribution in [0.1, 0.15) is 38.0 Å². The number of rotatable bonds is 11. The Morgan fingerprint density at radius 1 is 1.18 bits per heavy atom. The summed E-state index contributed by atoms with van der Waals surface area (Å²) in [5.41, 5.74) is 0.924. The number of nitrogens with one attached hydrogen (secondary N) is 2. The molecule has 1 aromatic heterocycles. The second kappa shape index (κ2) is 11.6. The zero-order chi connectivity index (χ0) is 24.7. The maximum Gasteiger partial charge on any atom is 0.243 e. The highest BCUT2D eigenvalue weighted by molar-refractivity contribution is 7.89. The second-order valence-electron chi connectivity index (χ2n) is 8.81. The number of hydrogen-bond acceptors (Lipinski definition) is 6. The molecule has 0 saturated carbocycles. The molecule has 9 nitrogen and oxygen atoms in total. The van der Waals surface area contributed by atoms with E-state index in [1.54, 1.807) is 24.3 Å². The van der Waals surface area contributed by atoms with Crippen molar-refractivity contribution >= 4 is 21.8 Å². The summed E-state index contributed by atoms with van der Waals surface area (Å²) in [5.74, 6) is -0.575. The van der Waals surface area contributed by atoms with Gasteiger partial charge in [-0.25, -0.2) is 13.1 Å². The first-order valence-electron chi connectivity index (χ1n) is 11.4. The number of hydrogen-bond donors (Lipinski definition) is 2. The lowest BCUT2D eigenvalue weighted by Gasteiger charge is -2.33. The summed E-state index contributed by atoms with van der Waals surface area (Å²) < 4.78 is 38.7. The second-order valence-corrected chi connectivity index (χ2v) is 10.6. The van der Waals surface area contributed by atoms with Crippen LogP contribution in [0.4, 0.5) is 0 Å². The van der Waals surface area contributed by atoms with Crippen molar-refractivity contribution in [2.45, 2.75) is 57.2 Å². The Morgan fingerprint density at radius 3 is 2.50 bits per heavy atom. The van der Waals surface area contributed by atoms with Crippen LogP contribution >= 0.6 is 0 Å². The fourth-order valence-corrected chi connectivity index (χ4v) is 4.87.